The Bertz CT molecular complexity index is 868. The smallest absolute Gasteiger partial charge is 0.256 e. The number of hydrogen-bond acceptors (Lipinski definition) is 2. The second kappa shape index (κ2) is 6.79. The molecule has 0 aromatic heterocycles. The molecule has 1 atom stereocenters. The van der Waals surface area contributed by atoms with Gasteiger partial charge in [0, 0.05) is 24.6 Å². The van der Waals surface area contributed by atoms with Crippen LogP contribution in [-0.2, 0) is 5.72 Å². The van der Waals surface area contributed by atoms with Gasteiger partial charge in [-0.2, -0.15) is 0 Å². The van der Waals surface area contributed by atoms with Gasteiger partial charge in [0.2, 0.25) is 0 Å². The van der Waals surface area contributed by atoms with E-state index in [-0.39, 0.29) is 12.3 Å². The van der Waals surface area contributed by atoms with Crippen molar-refractivity contribution in [3.05, 3.63) is 75.0 Å². The van der Waals surface area contributed by atoms with E-state index >= 15 is 0 Å². The first-order valence-electron chi connectivity index (χ1n) is 7.75. The van der Waals surface area contributed by atoms with Gasteiger partial charge in [-0.3, -0.25) is 4.79 Å². The Kier molecular flexibility index (Phi) is 4.87. The summed E-state index contributed by atoms with van der Waals surface area (Å²) >= 11 is 11.9. The Hall–Kier alpha value is -1.88. The number of amides is 1. The molecule has 25 heavy (non-hydrogen) atoms. The lowest BCUT2D eigenvalue weighted by atomic mass is 9.96. The molecule has 1 unspecified atom stereocenters. The van der Waals surface area contributed by atoms with Crippen LogP contribution in [-0.4, -0.2) is 23.0 Å². The molecule has 2 aromatic carbocycles. The number of allylic oxidation sites excluding steroid dienone is 1. The van der Waals surface area contributed by atoms with Gasteiger partial charge in [0.15, 0.2) is 5.72 Å². The maximum absolute atomic E-state index is 13.6. The summed E-state index contributed by atoms with van der Waals surface area (Å²) in [5, 5.41) is 11.9. The van der Waals surface area contributed by atoms with Gasteiger partial charge in [-0.1, -0.05) is 41.4 Å². The largest absolute Gasteiger partial charge is 0.367 e. The highest BCUT2D eigenvalue weighted by atomic mass is 35.5. The molecule has 0 spiro atoms. The summed E-state index contributed by atoms with van der Waals surface area (Å²) < 4.78 is 13.6. The van der Waals surface area contributed by atoms with Crippen LogP contribution in [0.1, 0.15) is 34.3 Å². The predicted molar refractivity (Wildman–Crippen MR) is 97.1 cm³/mol. The molecule has 0 radical (unpaired) electrons. The Morgan fingerprint density at radius 3 is 2.68 bits per heavy atom. The van der Waals surface area contributed by atoms with E-state index in [2.05, 4.69) is 0 Å². The lowest BCUT2D eigenvalue weighted by Crippen LogP contribution is -2.40. The van der Waals surface area contributed by atoms with Crippen LogP contribution < -0.4 is 0 Å². The summed E-state index contributed by atoms with van der Waals surface area (Å²) in [4.78, 5) is 13.5. The average Bonchev–Trinajstić information content (AvgIpc) is 2.77. The number of carbonyl (C=O) groups excluding carboxylic acids is 1. The standard InChI is InChI=1S/C19H16Cl2FNO2/c1-23-18(24)14-7-6-13(22)11-15(14)19(23,25)9-3-2-4-12-5-8-16(20)17(21)10-12/h2,4-8,10-11,25H,3,9H2,1H3. The molecule has 0 saturated heterocycles. The monoisotopic (exact) mass is 379 g/mol. The second-order valence-electron chi connectivity index (χ2n) is 5.99. The molecule has 1 amide bonds. The number of rotatable bonds is 4. The first-order valence-corrected chi connectivity index (χ1v) is 8.50. The van der Waals surface area contributed by atoms with Crippen LogP contribution in [0.15, 0.2) is 42.5 Å². The van der Waals surface area contributed by atoms with E-state index < -0.39 is 11.5 Å². The third-order valence-corrected chi connectivity index (χ3v) is 5.16. The van der Waals surface area contributed by atoms with E-state index in [1.54, 1.807) is 12.1 Å². The SMILES string of the molecule is CN1C(=O)c2ccc(F)cc2C1(O)CCC=Cc1ccc(Cl)c(Cl)c1. The van der Waals surface area contributed by atoms with Crippen LogP contribution in [0.25, 0.3) is 6.08 Å². The number of hydrogen-bond donors (Lipinski definition) is 1. The fraction of sp³-hybridized carbons (Fsp3) is 0.211. The summed E-state index contributed by atoms with van der Waals surface area (Å²) in [5.41, 5.74) is 0.00253. The molecule has 3 nitrogen and oxygen atoms in total. The van der Waals surface area contributed by atoms with Crippen molar-refractivity contribution in [1.82, 2.24) is 4.90 Å². The Morgan fingerprint density at radius 2 is 1.96 bits per heavy atom. The second-order valence-corrected chi connectivity index (χ2v) is 6.80. The third-order valence-electron chi connectivity index (χ3n) is 4.42. The predicted octanol–water partition coefficient (Wildman–Crippen LogP) is 4.86. The topological polar surface area (TPSA) is 40.5 Å². The molecule has 130 valence electrons. The molecule has 0 fully saturated rings. The highest BCUT2D eigenvalue weighted by Gasteiger charge is 2.45. The van der Waals surface area contributed by atoms with E-state index in [0.29, 0.717) is 27.6 Å². The molecule has 0 aliphatic carbocycles. The molecule has 3 rings (SSSR count). The van der Waals surface area contributed by atoms with Gasteiger partial charge in [-0.15, -0.1) is 0 Å². The third kappa shape index (κ3) is 3.30. The van der Waals surface area contributed by atoms with Crippen molar-refractivity contribution < 1.29 is 14.3 Å². The van der Waals surface area contributed by atoms with Gasteiger partial charge in [0.1, 0.15) is 5.82 Å². The lowest BCUT2D eigenvalue weighted by molar-refractivity contribution is -0.0778. The van der Waals surface area contributed by atoms with Gasteiger partial charge in [0.25, 0.3) is 5.91 Å². The van der Waals surface area contributed by atoms with Crippen LogP contribution >= 0.6 is 23.2 Å². The van der Waals surface area contributed by atoms with Crippen molar-refractivity contribution in [3.8, 4) is 0 Å². The van der Waals surface area contributed by atoms with E-state index in [4.69, 9.17) is 23.2 Å². The van der Waals surface area contributed by atoms with Crippen molar-refractivity contribution in [2.75, 3.05) is 7.05 Å². The normalized spacial score (nSPS) is 19.7. The van der Waals surface area contributed by atoms with Crippen LogP contribution in [0.3, 0.4) is 0 Å². The summed E-state index contributed by atoms with van der Waals surface area (Å²) in [6, 6.07) is 9.13. The first kappa shape index (κ1) is 17.9. The van der Waals surface area contributed by atoms with Gasteiger partial charge in [-0.05, 0) is 42.3 Å². The first-order chi connectivity index (χ1) is 11.8. The molecule has 1 heterocycles. The lowest BCUT2D eigenvalue weighted by Gasteiger charge is -2.31. The summed E-state index contributed by atoms with van der Waals surface area (Å²) in [7, 11) is 1.52. The van der Waals surface area contributed by atoms with Crippen LogP contribution in [0.2, 0.25) is 10.0 Å². The van der Waals surface area contributed by atoms with Crippen LogP contribution in [0, 0.1) is 5.82 Å². The average molecular weight is 380 g/mol. The number of fused-ring (bicyclic) bond motifs is 1. The van der Waals surface area contributed by atoms with Crippen molar-refractivity contribution in [2.45, 2.75) is 18.6 Å². The maximum atomic E-state index is 13.6. The van der Waals surface area contributed by atoms with Gasteiger partial charge >= 0.3 is 0 Å². The number of halogens is 3. The zero-order valence-electron chi connectivity index (χ0n) is 13.5. The van der Waals surface area contributed by atoms with E-state index in [1.165, 1.54) is 30.1 Å². The fourth-order valence-corrected chi connectivity index (χ4v) is 3.29. The Labute approximate surface area is 155 Å². The minimum Gasteiger partial charge on any atom is -0.367 e. The zero-order valence-corrected chi connectivity index (χ0v) is 15.0. The minimum absolute atomic E-state index is 0.253. The van der Waals surface area contributed by atoms with Crippen molar-refractivity contribution in [3.63, 3.8) is 0 Å². The number of carbonyl (C=O) groups is 1. The summed E-state index contributed by atoms with van der Waals surface area (Å²) in [5.74, 6) is -0.794. The zero-order chi connectivity index (χ0) is 18.2. The molecular weight excluding hydrogens is 364 g/mol. The molecule has 0 saturated carbocycles. The summed E-state index contributed by atoms with van der Waals surface area (Å²) in [6.45, 7) is 0. The van der Waals surface area contributed by atoms with Crippen molar-refractivity contribution in [1.29, 1.82) is 0 Å². The maximum Gasteiger partial charge on any atom is 0.256 e. The fourth-order valence-electron chi connectivity index (χ4n) is 2.99. The van der Waals surface area contributed by atoms with E-state index in [1.807, 2.05) is 18.2 Å². The quantitative estimate of drug-likeness (QED) is 0.823. The number of benzene rings is 2. The highest BCUT2D eigenvalue weighted by molar-refractivity contribution is 6.42. The Morgan fingerprint density at radius 1 is 1.20 bits per heavy atom. The van der Waals surface area contributed by atoms with Gasteiger partial charge < -0.3 is 10.0 Å². The van der Waals surface area contributed by atoms with Crippen molar-refractivity contribution in [2.24, 2.45) is 0 Å². The highest BCUT2D eigenvalue weighted by Crippen LogP contribution is 2.39. The Balaban J connectivity index is 1.76. The molecular formula is C19H16Cl2FNO2. The number of aliphatic hydroxyl groups is 1. The van der Waals surface area contributed by atoms with Gasteiger partial charge in [-0.25, -0.2) is 4.39 Å². The van der Waals surface area contributed by atoms with Crippen LogP contribution in [0.4, 0.5) is 4.39 Å². The molecule has 1 aliphatic rings. The molecule has 6 heteroatoms. The van der Waals surface area contributed by atoms with Crippen molar-refractivity contribution >= 4 is 35.2 Å². The molecule has 0 bridgehead atoms. The summed E-state index contributed by atoms with van der Waals surface area (Å²) in [6.07, 6.45) is 4.47. The molecule has 2 aromatic rings. The molecule has 1 N–H and O–H groups in total. The van der Waals surface area contributed by atoms with E-state index in [0.717, 1.165) is 5.56 Å². The number of nitrogens with zero attached hydrogens (tertiary/aromatic N) is 1. The van der Waals surface area contributed by atoms with E-state index in [9.17, 15) is 14.3 Å². The van der Waals surface area contributed by atoms with Gasteiger partial charge in [0.05, 0.1) is 10.0 Å². The molecule has 1 aliphatic heterocycles. The van der Waals surface area contributed by atoms with Crippen LogP contribution in [0.5, 0.6) is 0 Å². The minimum atomic E-state index is -1.52.